The lowest BCUT2D eigenvalue weighted by molar-refractivity contribution is 0.415. The molecule has 4 heteroatoms. The SMILES string of the molecule is COc1cccc(NC(CN)c2ccc(Cl)cc2C)c1. The van der Waals surface area contributed by atoms with Crippen LogP contribution in [-0.4, -0.2) is 13.7 Å². The van der Waals surface area contributed by atoms with Gasteiger partial charge in [0, 0.05) is 23.3 Å². The van der Waals surface area contributed by atoms with Crippen LogP contribution in [0.3, 0.4) is 0 Å². The van der Waals surface area contributed by atoms with Crippen molar-refractivity contribution in [2.24, 2.45) is 5.73 Å². The van der Waals surface area contributed by atoms with Gasteiger partial charge < -0.3 is 15.8 Å². The lowest BCUT2D eigenvalue weighted by Crippen LogP contribution is -2.21. The van der Waals surface area contributed by atoms with Crippen LogP contribution in [-0.2, 0) is 0 Å². The molecule has 2 rings (SSSR count). The molecule has 1 atom stereocenters. The second kappa shape index (κ2) is 6.64. The molecular formula is C16H19ClN2O. The quantitative estimate of drug-likeness (QED) is 0.881. The van der Waals surface area contributed by atoms with E-state index in [1.807, 2.05) is 49.4 Å². The minimum Gasteiger partial charge on any atom is -0.497 e. The Morgan fingerprint density at radius 2 is 2.05 bits per heavy atom. The molecule has 0 aromatic heterocycles. The van der Waals surface area contributed by atoms with E-state index < -0.39 is 0 Å². The van der Waals surface area contributed by atoms with E-state index in [1.54, 1.807) is 7.11 Å². The molecule has 106 valence electrons. The molecule has 0 spiro atoms. The predicted molar refractivity (Wildman–Crippen MR) is 84.6 cm³/mol. The summed E-state index contributed by atoms with van der Waals surface area (Å²) in [6.45, 7) is 2.54. The van der Waals surface area contributed by atoms with Gasteiger partial charge in [-0.1, -0.05) is 23.7 Å². The van der Waals surface area contributed by atoms with Crippen LogP contribution in [0.25, 0.3) is 0 Å². The number of anilines is 1. The van der Waals surface area contributed by atoms with Gasteiger partial charge in [-0.2, -0.15) is 0 Å². The van der Waals surface area contributed by atoms with Crippen molar-refractivity contribution in [3.8, 4) is 5.75 Å². The highest BCUT2D eigenvalue weighted by Crippen LogP contribution is 2.25. The van der Waals surface area contributed by atoms with Crippen molar-refractivity contribution >= 4 is 17.3 Å². The highest BCUT2D eigenvalue weighted by molar-refractivity contribution is 6.30. The zero-order chi connectivity index (χ0) is 14.5. The van der Waals surface area contributed by atoms with Crippen molar-refractivity contribution in [2.75, 3.05) is 19.0 Å². The first kappa shape index (κ1) is 14.7. The summed E-state index contributed by atoms with van der Waals surface area (Å²) < 4.78 is 5.23. The molecule has 3 nitrogen and oxygen atoms in total. The number of rotatable bonds is 5. The Kier molecular flexibility index (Phi) is 4.88. The summed E-state index contributed by atoms with van der Waals surface area (Å²) in [5, 5.41) is 4.17. The van der Waals surface area contributed by atoms with Gasteiger partial charge >= 0.3 is 0 Å². The third-order valence-electron chi connectivity index (χ3n) is 3.25. The molecule has 2 aromatic rings. The van der Waals surface area contributed by atoms with Crippen LogP contribution in [0.1, 0.15) is 17.2 Å². The van der Waals surface area contributed by atoms with Crippen LogP contribution in [0.4, 0.5) is 5.69 Å². The number of halogens is 1. The fourth-order valence-electron chi connectivity index (χ4n) is 2.21. The second-order valence-electron chi connectivity index (χ2n) is 4.67. The molecule has 0 saturated carbocycles. The van der Waals surface area contributed by atoms with Gasteiger partial charge in [-0.15, -0.1) is 0 Å². The number of benzene rings is 2. The first-order valence-corrected chi connectivity index (χ1v) is 6.88. The Bertz CT molecular complexity index is 586. The third kappa shape index (κ3) is 3.44. The standard InChI is InChI=1S/C16H19ClN2O/c1-11-8-12(17)6-7-15(11)16(10-18)19-13-4-3-5-14(9-13)20-2/h3-9,16,19H,10,18H2,1-2H3. The van der Waals surface area contributed by atoms with Crippen LogP contribution in [0.2, 0.25) is 5.02 Å². The first-order valence-electron chi connectivity index (χ1n) is 6.50. The molecule has 0 heterocycles. The fraction of sp³-hybridized carbons (Fsp3) is 0.250. The number of aryl methyl sites for hydroxylation is 1. The first-order chi connectivity index (χ1) is 9.63. The maximum Gasteiger partial charge on any atom is 0.120 e. The second-order valence-corrected chi connectivity index (χ2v) is 5.10. The van der Waals surface area contributed by atoms with E-state index in [4.69, 9.17) is 22.1 Å². The summed E-state index contributed by atoms with van der Waals surface area (Å²) >= 11 is 6.00. The Balaban J connectivity index is 2.23. The van der Waals surface area contributed by atoms with E-state index in [-0.39, 0.29) is 6.04 Å². The molecule has 0 aliphatic carbocycles. The number of nitrogens with one attached hydrogen (secondary N) is 1. The molecule has 0 saturated heterocycles. The Morgan fingerprint density at radius 3 is 2.70 bits per heavy atom. The van der Waals surface area contributed by atoms with Crippen LogP contribution in [0.5, 0.6) is 5.75 Å². The molecule has 0 bridgehead atoms. The largest absolute Gasteiger partial charge is 0.497 e. The minimum atomic E-state index is 0.0411. The Labute approximate surface area is 124 Å². The van der Waals surface area contributed by atoms with Crippen molar-refractivity contribution in [2.45, 2.75) is 13.0 Å². The fourth-order valence-corrected chi connectivity index (χ4v) is 2.43. The van der Waals surface area contributed by atoms with Gasteiger partial charge in [-0.05, 0) is 42.3 Å². The summed E-state index contributed by atoms with van der Waals surface area (Å²) in [6.07, 6.45) is 0. The van der Waals surface area contributed by atoms with Crippen LogP contribution < -0.4 is 15.8 Å². The van der Waals surface area contributed by atoms with Crippen molar-refractivity contribution in [1.82, 2.24) is 0 Å². The molecule has 0 radical (unpaired) electrons. The smallest absolute Gasteiger partial charge is 0.120 e. The molecular weight excluding hydrogens is 272 g/mol. The van der Waals surface area contributed by atoms with Gasteiger partial charge in [-0.25, -0.2) is 0 Å². The summed E-state index contributed by atoms with van der Waals surface area (Å²) in [4.78, 5) is 0. The van der Waals surface area contributed by atoms with Crippen molar-refractivity contribution < 1.29 is 4.74 Å². The van der Waals surface area contributed by atoms with E-state index in [1.165, 1.54) is 0 Å². The van der Waals surface area contributed by atoms with E-state index in [0.29, 0.717) is 6.54 Å². The number of hydrogen-bond donors (Lipinski definition) is 2. The average molecular weight is 291 g/mol. The highest BCUT2D eigenvalue weighted by atomic mass is 35.5. The van der Waals surface area contributed by atoms with Crippen LogP contribution in [0, 0.1) is 6.92 Å². The van der Waals surface area contributed by atoms with Gasteiger partial charge in [0.2, 0.25) is 0 Å². The van der Waals surface area contributed by atoms with E-state index in [9.17, 15) is 0 Å². The lowest BCUT2D eigenvalue weighted by atomic mass is 10.0. The van der Waals surface area contributed by atoms with Crippen molar-refractivity contribution in [3.63, 3.8) is 0 Å². The molecule has 1 unspecified atom stereocenters. The van der Waals surface area contributed by atoms with Gasteiger partial charge in [-0.3, -0.25) is 0 Å². The maximum atomic E-state index is 6.00. The van der Waals surface area contributed by atoms with Crippen molar-refractivity contribution in [3.05, 3.63) is 58.6 Å². The predicted octanol–water partition coefficient (Wildman–Crippen LogP) is 3.77. The minimum absolute atomic E-state index is 0.0411. The summed E-state index contributed by atoms with van der Waals surface area (Å²) in [5.74, 6) is 0.818. The summed E-state index contributed by atoms with van der Waals surface area (Å²) in [5.41, 5.74) is 9.16. The number of methoxy groups -OCH3 is 1. The monoisotopic (exact) mass is 290 g/mol. The molecule has 3 N–H and O–H groups in total. The zero-order valence-corrected chi connectivity index (χ0v) is 12.4. The Hall–Kier alpha value is -1.71. The van der Waals surface area contributed by atoms with Gasteiger partial charge in [0.15, 0.2) is 0 Å². The summed E-state index contributed by atoms with van der Waals surface area (Å²) in [7, 11) is 1.66. The van der Waals surface area contributed by atoms with Gasteiger partial charge in [0.25, 0.3) is 0 Å². The van der Waals surface area contributed by atoms with Gasteiger partial charge in [0.1, 0.15) is 5.75 Å². The molecule has 0 aliphatic heterocycles. The summed E-state index contributed by atoms with van der Waals surface area (Å²) in [6, 6.07) is 13.7. The molecule has 0 aliphatic rings. The molecule has 0 fully saturated rings. The van der Waals surface area contributed by atoms with E-state index >= 15 is 0 Å². The van der Waals surface area contributed by atoms with Crippen LogP contribution in [0.15, 0.2) is 42.5 Å². The van der Waals surface area contributed by atoms with Crippen LogP contribution >= 0.6 is 11.6 Å². The topological polar surface area (TPSA) is 47.3 Å². The molecule has 20 heavy (non-hydrogen) atoms. The number of ether oxygens (including phenoxy) is 1. The lowest BCUT2D eigenvalue weighted by Gasteiger charge is -2.21. The molecule has 2 aromatic carbocycles. The van der Waals surface area contributed by atoms with Gasteiger partial charge in [0.05, 0.1) is 13.2 Å². The van der Waals surface area contributed by atoms with Crippen molar-refractivity contribution in [1.29, 1.82) is 0 Å². The zero-order valence-electron chi connectivity index (χ0n) is 11.7. The number of hydrogen-bond acceptors (Lipinski definition) is 3. The highest BCUT2D eigenvalue weighted by Gasteiger charge is 2.12. The number of nitrogens with two attached hydrogens (primary N) is 1. The normalized spacial score (nSPS) is 12.0. The van der Waals surface area contributed by atoms with E-state index in [2.05, 4.69) is 5.32 Å². The maximum absolute atomic E-state index is 6.00. The third-order valence-corrected chi connectivity index (χ3v) is 3.49. The molecule has 0 amide bonds. The van der Waals surface area contributed by atoms with E-state index in [0.717, 1.165) is 27.6 Å². The average Bonchev–Trinajstić information content (AvgIpc) is 2.45. The Morgan fingerprint density at radius 1 is 1.25 bits per heavy atom.